The summed E-state index contributed by atoms with van der Waals surface area (Å²) in [5.74, 6) is -0.486. The van der Waals surface area contributed by atoms with E-state index in [0.717, 1.165) is 16.5 Å². The lowest BCUT2D eigenvalue weighted by Gasteiger charge is -2.16. The molecular formula is C24H21N3O3S. The first-order chi connectivity index (χ1) is 15.2. The van der Waals surface area contributed by atoms with Crippen LogP contribution in [0.15, 0.2) is 81.5 Å². The summed E-state index contributed by atoms with van der Waals surface area (Å²) in [4.78, 5) is 29.3. The van der Waals surface area contributed by atoms with Crippen LogP contribution in [0, 0.1) is 0 Å². The number of H-pyrrole nitrogens is 1. The van der Waals surface area contributed by atoms with Crippen LogP contribution in [0.25, 0.3) is 22.0 Å². The summed E-state index contributed by atoms with van der Waals surface area (Å²) in [6.07, 6.45) is 2.23. The zero-order chi connectivity index (χ0) is 21.2. The molecule has 1 amide bonds. The van der Waals surface area contributed by atoms with Crippen molar-refractivity contribution in [2.24, 2.45) is 0 Å². The van der Waals surface area contributed by atoms with Gasteiger partial charge < -0.3 is 14.7 Å². The van der Waals surface area contributed by atoms with Crippen LogP contribution >= 0.6 is 11.3 Å². The number of aryl methyl sites for hydroxylation is 1. The zero-order valence-electron chi connectivity index (χ0n) is 16.7. The van der Waals surface area contributed by atoms with E-state index in [1.807, 2.05) is 42.6 Å². The molecule has 2 aromatic carbocycles. The van der Waals surface area contributed by atoms with Crippen LogP contribution in [0.4, 0.5) is 0 Å². The van der Waals surface area contributed by atoms with E-state index in [-0.39, 0.29) is 24.8 Å². The Morgan fingerprint density at radius 1 is 1.10 bits per heavy atom. The van der Waals surface area contributed by atoms with Gasteiger partial charge in [-0.3, -0.25) is 9.36 Å². The number of fused-ring (bicyclic) bond motifs is 2. The second-order valence-corrected chi connectivity index (χ2v) is 8.38. The van der Waals surface area contributed by atoms with Crippen molar-refractivity contribution in [2.75, 3.05) is 6.54 Å². The lowest BCUT2D eigenvalue weighted by molar-refractivity contribution is -0.121. The largest absolute Gasteiger partial charge is 0.419 e. The average molecular weight is 432 g/mol. The van der Waals surface area contributed by atoms with Gasteiger partial charge >= 0.3 is 5.76 Å². The molecule has 6 nitrogen and oxygen atoms in total. The molecule has 0 spiro atoms. The molecule has 0 saturated heterocycles. The third kappa shape index (κ3) is 3.80. The normalized spacial score (nSPS) is 12.4. The first-order valence-corrected chi connectivity index (χ1v) is 11.0. The number of para-hydroxylation sites is 3. The molecule has 0 unspecified atom stereocenters. The minimum absolute atomic E-state index is 0.0533. The first kappa shape index (κ1) is 19.4. The molecule has 0 saturated carbocycles. The summed E-state index contributed by atoms with van der Waals surface area (Å²) in [6.45, 7) is 0.765. The smallest absolute Gasteiger partial charge is 0.408 e. The van der Waals surface area contributed by atoms with Crippen molar-refractivity contribution in [1.82, 2.24) is 14.9 Å². The van der Waals surface area contributed by atoms with Gasteiger partial charge in [0.2, 0.25) is 5.91 Å². The van der Waals surface area contributed by atoms with Gasteiger partial charge in [-0.2, -0.15) is 0 Å². The van der Waals surface area contributed by atoms with Crippen LogP contribution in [0.3, 0.4) is 0 Å². The molecule has 0 bridgehead atoms. The van der Waals surface area contributed by atoms with Gasteiger partial charge in [0.1, 0.15) is 0 Å². The summed E-state index contributed by atoms with van der Waals surface area (Å²) < 4.78 is 6.75. The van der Waals surface area contributed by atoms with E-state index in [9.17, 15) is 9.59 Å². The van der Waals surface area contributed by atoms with Crippen molar-refractivity contribution >= 4 is 39.2 Å². The van der Waals surface area contributed by atoms with Crippen molar-refractivity contribution < 1.29 is 9.21 Å². The molecule has 2 N–H and O–H groups in total. The van der Waals surface area contributed by atoms with E-state index < -0.39 is 5.76 Å². The summed E-state index contributed by atoms with van der Waals surface area (Å²) >= 11 is 1.68. The number of nitrogens with zero attached hydrogens (tertiary/aromatic N) is 1. The maximum atomic E-state index is 12.6. The highest BCUT2D eigenvalue weighted by Crippen LogP contribution is 2.32. The minimum Gasteiger partial charge on any atom is -0.408 e. The second kappa shape index (κ2) is 8.28. The van der Waals surface area contributed by atoms with Crippen LogP contribution in [0.1, 0.15) is 22.8 Å². The number of hydrogen-bond donors (Lipinski definition) is 2. The molecule has 0 aliphatic heterocycles. The Bertz CT molecular complexity index is 1390. The Balaban J connectivity index is 1.31. The third-order valence-electron chi connectivity index (χ3n) is 5.52. The number of hydrogen-bond acceptors (Lipinski definition) is 4. The predicted octanol–water partition coefficient (Wildman–Crippen LogP) is 4.48. The fourth-order valence-corrected chi connectivity index (χ4v) is 4.82. The van der Waals surface area contributed by atoms with E-state index in [1.54, 1.807) is 17.4 Å². The van der Waals surface area contributed by atoms with Crippen molar-refractivity contribution in [2.45, 2.75) is 18.9 Å². The molecule has 156 valence electrons. The SMILES string of the molecule is O=C(CCn1c(=O)oc2ccccc21)NC[C@@H](c1cccs1)c1c[nH]c2ccccc12. The molecule has 0 aliphatic rings. The monoisotopic (exact) mass is 431 g/mol. The molecule has 1 atom stereocenters. The number of amides is 1. The van der Waals surface area contributed by atoms with Gasteiger partial charge in [0.15, 0.2) is 5.58 Å². The number of nitrogens with one attached hydrogen (secondary N) is 2. The van der Waals surface area contributed by atoms with Gasteiger partial charge in [-0.15, -0.1) is 11.3 Å². The fourth-order valence-electron chi connectivity index (χ4n) is 3.98. The molecule has 5 aromatic rings. The highest BCUT2D eigenvalue weighted by atomic mass is 32.1. The summed E-state index contributed by atoms with van der Waals surface area (Å²) in [5.41, 5.74) is 3.48. The quantitative estimate of drug-likeness (QED) is 0.399. The number of rotatable bonds is 7. The van der Waals surface area contributed by atoms with Gasteiger partial charge in [-0.05, 0) is 35.2 Å². The van der Waals surface area contributed by atoms with Crippen molar-refractivity contribution in [3.05, 3.63) is 93.2 Å². The number of aromatic nitrogens is 2. The molecule has 7 heteroatoms. The molecule has 0 radical (unpaired) electrons. The van der Waals surface area contributed by atoms with Gasteiger partial charge in [0.05, 0.1) is 5.52 Å². The number of carbonyl (C=O) groups is 1. The number of thiophene rings is 1. The van der Waals surface area contributed by atoms with E-state index in [0.29, 0.717) is 17.6 Å². The number of oxazole rings is 1. The van der Waals surface area contributed by atoms with E-state index in [4.69, 9.17) is 4.42 Å². The van der Waals surface area contributed by atoms with Crippen molar-refractivity contribution in [3.63, 3.8) is 0 Å². The zero-order valence-corrected chi connectivity index (χ0v) is 17.5. The summed E-state index contributed by atoms with van der Waals surface area (Å²) in [5, 5.41) is 6.27. The Hall–Kier alpha value is -3.58. The highest BCUT2D eigenvalue weighted by Gasteiger charge is 2.20. The second-order valence-electron chi connectivity index (χ2n) is 7.40. The lowest BCUT2D eigenvalue weighted by atomic mass is 9.96. The standard InChI is InChI=1S/C24H21N3O3S/c28-23(11-12-27-20-8-3-4-9-21(20)30-24(27)29)26-15-18(22-10-5-13-31-22)17-14-25-19-7-2-1-6-16(17)19/h1-10,13-14,18,25H,11-12,15H2,(H,26,28)/t18-/m1/s1. The maximum Gasteiger partial charge on any atom is 0.419 e. The summed E-state index contributed by atoms with van der Waals surface area (Å²) in [7, 11) is 0. The Kier molecular flexibility index (Phi) is 5.18. The number of benzene rings is 2. The predicted molar refractivity (Wildman–Crippen MR) is 123 cm³/mol. The van der Waals surface area contributed by atoms with Crippen LogP contribution in [0.5, 0.6) is 0 Å². The van der Waals surface area contributed by atoms with Crippen LogP contribution in [0.2, 0.25) is 0 Å². The number of carbonyl (C=O) groups excluding carboxylic acids is 1. The lowest BCUT2D eigenvalue weighted by Crippen LogP contribution is -2.30. The van der Waals surface area contributed by atoms with Crippen molar-refractivity contribution in [1.29, 1.82) is 0 Å². The van der Waals surface area contributed by atoms with Gasteiger partial charge in [-0.25, -0.2) is 4.79 Å². The van der Waals surface area contributed by atoms with Gasteiger partial charge in [0.25, 0.3) is 0 Å². The molecule has 3 heterocycles. The maximum absolute atomic E-state index is 12.6. The van der Waals surface area contributed by atoms with E-state index >= 15 is 0 Å². The number of aromatic amines is 1. The van der Waals surface area contributed by atoms with Crippen LogP contribution < -0.4 is 11.1 Å². The van der Waals surface area contributed by atoms with Crippen molar-refractivity contribution in [3.8, 4) is 0 Å². The first-order valence-electron chi connectivity index (χ1n) is 10.1. The van der Waals surface area contributed by atoms with Crippen LogP contribution in [-0.2, 0) is 11.3 Å². The molecular weight excluding hydrogens is 410 g/mol. The van der Waals surface area contributed by atoms with Crippen LogP contribution in [-0.4, -0.2) is 22.0 Å². The molecule has 5 rings (SSSR count). The van der Waals surface area contributed by atoms with Gasteiger partial charge in [0, 0.05) is 47.4 Å². The average Bonchev–Trinajstić information content (AvgIpc) is 3.52. The Morgan fingerprint density at radius 3 is 2.81 bits per heavy atom. The third-order valence-corrected chi connectivity index (χ3v) is 6.51. The molecule has 3 aromatic heterocycles. The Morgan fingerprint density at radius 2 is 1.94 bits per heavy atom. The highest BCUT2D eigenvalue weighted by molar-refractivity contribution is 7.10. The van der Waals surface area contributed by atoms with Gasteiger partial charge in [-0.1, -0.05) is 36.4 Å². The fraction of sp³-hybridized carbons (Fsp3) is 0.167. The van der Waals surface area contributed by atoms with E-state index in [1.165, 1.54) is 9.44 Å². The molecule has 0 fully saturated rings. The Labute approximate surface area is 182 Å². The molecule has 0 aliphatic carbocycles. The van der Waals surface area contributed by atoms with E-state index in [2.05, 4.69) is 33.9 Å². The minimum atomic E-state index is -0.441. The molecule has 31 heavy (non-hydrogen) atoms. The topological polar surface area (TPSA) is 80.0 Å². The summed E-state index contributed by atoms with van der Waals surface area (Å²) in [6, 6.07) is 19.5.